The molecule has 1 aromatic heterocycles. The third-order valence-electron chi connectivity index (χ3n) is 4.64. The number of likely N-dealkylation sites (tertiary alicyclic amines) is 1. The molecule has 1 aliphatic rings. The van der Waals surface area contributed by atoms with Crippen molar-refractivity contribution in [2.75, 3.05) is 26.0 Å². The number of aromatic nitrogens is 3. The molecule has 0 atom stereocenters. The van der Waals surface area contributed by atoms with Crippen LogP contribution in [0.1, 0.15) is 19.8 Å². The van der Waals surface area contributed by atoms with Crippen LogP contribution in [-0.4, -0.2) is 51.5 Å². The highest BCUT2D eigenvalue weighted by atomic mass is 32.2. The van der Waals surface area contributed by atoms with E-state index >= 15 is 0 Å². The predicted octanol–water partition coefficient (Wildman–Crippen LogP) is 2.84. The molecule has 0 radical (unpaired) electrons. The number of carbonyl (C=O) groups is 1. The van der Waals surface area contributed by atoms with Gasteiger partial charge in [-0.1, -0.05) is 30.8 Å². The van der Waals surface area contributed by atoms with Gasteiger partial charge in [-0.2, -0.15) is 0 Å². The molecule has 1 aromatic carbocycles. The smallest absolute Gasteiger partial charge is 0.233 e. The van der Waals surface area contributed by atoms with E-state index in [1.807, 2.05) is 40.8 Å². The Balaban J connectivity index is 1.66. The molecule has 25 heavy (non-hydrogen) atoms. The lowest BCUT2D eigenvalue weighted by molar-refractivity contribution is -0.129. The Morgan fingerprint density at radius 3 is 2.72 bits per heavy atom. The molecule has 2 heterocycles. The molecule has 0 aliphatic carbocycles. The minimum absolute atomic E-state index is 0.179. The summed E-state index contributed by atoms with van der Waals surface area (Å²) in [5.41, 5.74) is 0.892. The van der Waals surface area contributed by atoms with Gasteiger partial charge in [0.15, 0.2) is 11.0 Å². The number of ether oxygens (including phenoxy) is 1. The van der Waals surface area contributed by atoms with Crippen molar-refractivity contribution in [2.45, 2.75) is 24.9 Å². The highest BCUT2D eigenvalue weighted by Crippen LogP contribution is 2.30. The molecule has 6 nitrogen and oxygen atoms in total. The maximum atomic E-state index is 12.4. The quantitative estimate of drug-likeness (QED) is 0.768. The van der Waals surface area contributed by atoms with Gasteiger partial charge < -0.3 is 14.2 Å². The Labute approximate surface area is 152 Å². The van der Waals surface area contributed by atoms with Crippen LogP contribution < -0.4 is 4.74 Å². The van der Waals surface area contributed by atoms with E-state index in [1.165, 1.54) is 11.8 Å². The van der Waals surface area contributed by atoms with E-state index < -0.39 is 0 Å². The topological polar surface area (TPSA) is 60.3 Å². The summed E-state index contributed by atoms with van der Waals surface area (Å²) < 4.78 is 7.31. The van der Waals surface area contributed by atoms with E-state index in [0.29, 0.717) is 5.75 Å². The molecule has 0 saturated carbocycles. The van der Waals surface area contributed by atoms with Crippen LogP contribution in [0, 0.1) is 5.92 Å². The fourth-order valence-corrected chi connectivity index (χ4v) is 3.79. The van der Waals surface area contributed by atoms with Crippen LogP contribution in [0.15, 0.2) is 29.4 Å². The van der Waals surface area contributed by atoms with Crippen LogP contribution in [0.4, 0.5) is 0 Å². The average Bonchev–Trinajstić information content (AvgIpc) is 3.00. The number of rotatable bonds is 5. The summed E-state index contributed by atoms with van der Waals surface area (Å²) >= 11 is 1.44. The van der Waals surface area contributed by atoms with Crippen molar-refractivity contribution in [1.82, 2.24) is 19.7 Å². The molecule has 0 bridgehead atoms. The lowest BCUT2D eigenvalue weighted by Crippen LogP contribution is -2.38. The van der Waals surface area contributed by atoms with Gasteiger partial charge in [0.1, 0.15) is 5.75 Å². The fraction of sp³-hybridized carbons (Fsp3) is 0.500. The number of hydrogen-bond acceptors (Lipinski definition) is 5. The number of methoxy groups -OCH3 is 1. The van der Waals surface area contributed by atoms with Crippen molar-refractivity contribution >= 4 is 17.7 Å². The average molecular weight is 360 g/mol. The number of para-hydroxylation sites is 1. The second kappa shape index (κ2) is 7.91. The molecule has 2 aromatic rings. The Morgan fingerprint density at radius 2 is 2.00 bits per heavy atom. The summed E-state index contributed by atoms with van der Waals surface area (Å²) in [5, 5.41) is 9.26. The zero-order chi connectivity index (χ0) is 17.8. The van der Waals surface area contributed by atoms with Crippen LogP contribution in [-0.2, 0) is 11.8 Å². The van der Waals surface area contributed by atoms with Gasteiger partial charge >= 0.3 is 0 Å². The maximum Gasteiger partial charge on any atom is 0.233 e. The highest BCUT2D eigenvalue weighted by molar-refractivity contribution is 7.99. The highest BCUT2D eigenvalue weighted by Gasteiger charge is 2.21. The van der Waals surface area contributed by atoms with E-state index in [0.717, 1.165) is 54.1 Å². The Morgan fingerprint density at radius 1 is 1.28 bits per heavy atom. The van der Waals surface area contributed by atoms with Gasteiger partial charge in [-0.3, -0.25) is 4.79 Å². The molecule has 3 rings (SSSR count). The van der Waals surface area contributed by atoms with Crippen molar-refractivity contribution in [3.05, 3.63) is 24.3 Å². The molecular weight excluding hydrogens is 336 g/mol. The summed E-state index contributed by atoms with van der Waals surface area (Å²) in [6, 6.07) is 7.72. The van der Waals surface area contributed by atoms with E-state index in [1.54, 1.807) is 7.11 Å². The number of piperidine rings is 1. The van der Waals surface area contributed by atoms with Gasteiger partial charge in [0.05, 0.1) is 18.4 Å². The van der Waals surface area contributed by atoms with Crippen LogP contribution in [0.2, 0.25) is 0 Å². The van der Waals surface area contributed by atoms with E-state index in [9.17, 15) is 4.79 Å². The van der Waals surface area contributed by atoms with Gasteiger partial charge in [-0.05, 0) is 30.9 Å². The van der Waals surface area contributed by atoms with Gasteiger partial charge in [0.2, 0.25) is 5.91 Å². The lowest BCUT2D eigenvalue weighted by atomic mass is 9.99. The fourth-order valence-electron chi connectivity index (χ4n) is 2.98. The van der Waals surface area contributed by atoms with Gasteiger partial charge in [0.25, 0.3) is 0 Å². The second-order valence-electron chi connectivity index (χ2n) is 6.42. The predicted molar refractivity (Wildman–Crippen MR) is 98.7 cm³/mol. The van der Waals surface area contributed by atoms with Crippen molar-refractivity contribution in [3.8, 4) is 17.1 Å². The number of amides is 1. The number of nitrogens with zero attached hydrogens (tertiary/aromatic N) is 4. The first-order valence-corrected chi connectivity index (χ1v) is 9.52. The Hall–Kier alpha value is -2.02. The first kappa shape index (κ1) is 17.8. The van der Waals surface area contributed by atoms with Crippen LogP contribution in [0.5, 0.6) is 5.75 Å². The first-order valence-electron chi connectivity index (χ1n) is 8.53. The standard InChI is InChI=1S/C18H24N4O2S/c1-13-8-10-22(11-9-13)16(23)12-25-18-20-19-17(21(18)2)14-6-4-5-7-15(14)24-3/h4-7,13H,8-12H2,1-3H3. The van der Waals surface area contributed by atoms with Crippen LogP contribution in [0.3, 0.4) is 0 Å². The zero-order valence-electron chi connectivity index (χ0n) is 14.9. The largest absolute Gasteiger partial charge is 0.496 e. The van der Waals surface area contributed by atoms with Gasteiger partial charge in [-0.15, -0.1) is 10.2 Å². The van der Waals surface area contributed by atoms with Crippen LogP contribution in [0.25, 0.3) is 11.4 Å². The molecule has 0 unspecified atom stereocenters. The van der Waals surface area contributed by atoms with E-state index in [-0.39, 0.29) is 5.91 Å². The summed E-state index contributed by atoms with van der Waals surface area (Å²) in [6.45, 7) is 3.98. The molecule has 1 amide bonds. The van der Waals surface area contributed by atoms with Crippen molar-refractivity contribution in [3.63, 3.8) is 0 Å². The number of carbonyl (C=O) groups excluding carboxylic acids is 1. The van der Waals surface area contributed by atoms with E-state index in [4.69, 9.17) is 4.74 Å². The number of hydrogen-bond donors (Lipinski definition) is 0. The third-order valence-corrected chi connectivity index (χ3v) is 5.65. The second-order valence-corrected chi connectivity index (χ2v) is 7.36. The summed E-state index contributed by atoms with van der Waals surface area (Å²) in [4.78, 5) is 14.4. The zero-order valence-corrected chi connectivity index (χ0v) is 15.8. The third kappa shape index (κ3) is 3.98. The molecule has 7 heteroatoms. The number of benzene rings is 1. The van der Waals surface area contributed by atoms with Gasteiger partial charge in [0, 0.05) is 20.1 Å². The molecule has 134 valence electrons. The SMILES string of the molecule is COc1ccccc1-c1nnc(SCC(=O)N2CCC(C)CC2)n1C. The maximum absolute atomic E-state index is 12.4. The molecular formula is C18H24N4O2S. The molecule has 1 fully saturated rings. The number of thioether (sulfide) groups is 1. The molecule has 0 N–H and O–H groups in total. The molecule has 1 saturated heterocycles. The van der Waals surface area contributed by atoms with Crippen molar-refractivity contribution < 1.29 is 9.53 Å². The summed E-state index contributed by atoms with van der Waals surface area (Å²) in [7, 11) is 3.56. The Bertz CT molecular complexity index is 738. The van der Waals surface area contributed by atoms with Crippen molar-refractivity contribution in [2.24, 2.45) is 13.0 Å². The summed E-state index contributed by atoms with van der Waals surface area (Å²) in [6.07, 6.45) is 2.19. The Kier molecular flexibility index (Phi) is 5.63. The minimum Gasteiger partial charge on any atom is -0.496 e. The summed E-state index contributed by atoms with van der Waals surface area (Å²) in [5.74, 6) is 2.79. The monoisotopic (exact) mass is 360 g/mol. The first-order chi connectivity index (χ1) is 12.1. The normalized spacial score (nSPS) is 15.4. The molecule has 0 spiro atoms. The minimum atomic E-state index is 0.179. The van der Waals surface area contributed by atoms with Gasteiger partial charge in [-0.25, -0.2) is 0 Å². The lowest BCUT2D eigenvalue weighted by Gasteiger charge is -2.30. The van der Waals surface area contributed by atoms with E-state index in [2.05, 4.69) is 17.1 Å². The molecule has 1 aliphatic heterocycles. The van der Waals surface area contributed by atoms with Crippen LogP contribution >= 0.6 is 11.8 Å². The van der Waals surface area contributed by atoms with Crippen molar-refractivity contribution in [1.29, 1.82) is 0 Å².